The Balaban J connectivity index is 1.18. The minimum Gasteiger partial charge on any atom is -0.490 e. The van der Waals surface area contributed by atoms with Crippen LogP contribution in [-0.2, 0) is 4.79 Å². The monoisotopic (exact) mass is 469 g/mol. The molecule has 2 aliphatic heterocycles. The van der Waals surface area contributed by atoms with Crippen LogP contribution in [0.5, 0.6) is 11.5 Å². The highest BCUT2D eigenvalue weighted by Gasteiger charge is 2.34. The van der Waals surface area contributed by atoms with Gasteiger partial charge in [0.15, 0.2) is 18.2 Å². The van der Waals surface area contributed by atoms with Gasteiger partial charge in [0.25, 0.3) is 11.8 Å². The zero-order valence-corrected chi connectivity index (χ0v) is 17.7. The molecule has 1 aromatic heterocycles. The molecule has 3 heterocycles. The Labute approximate surface area is 192 Å². The van der Waals surface area contributed by atoms with Gasteiger partial charge in [-0.25, -0.2) is 13.8 Å². The van der Waals surface area contributed by atoms with Crippen molar-refractivity contribution < 1.29 is 32.2 Å². The lowest BCUT2D eigenvalue weighted by atomic mass is 9.99. The number of carbonyl (C=O) groups is 2. The molecule has 3 aromatic rings. The van der Waals surface area contributed by atoms with Gasteiger partial charge in [-0.3, -0.25) is 9.59 Å². The Bertz CT molecular complexity index is 1290. The van der Waals surface area contributed by atoms with Gasteiger partial charge in [-0.15, -0.1) is 0 Å². The van der Waals surface area contributed by atoms with Crippen molar-refractivity contribution in [2.75, 3.05) is 31.6 Å². The molecule has 1 fully saturated rings. The average molecular weight is 469 g/mol. The second kappa shape index (κ2) is 8.69. The molecule has 0 bridgehead atoms. The van der Waals surface area contributed by atoms with Crippen LogP contribution in [0.4, 0.5) is 18.9 Å². The predicted octanol–water partition coefficient (Wildman–Crippen LogP) is 3.65. The molecule has 0 aliphatic carbocycles. The first-order valence-electron chi connectivity index (χ1n) is 10.5. The van der Waals surface area contributed by atoms with Crippen molar-refractivity contribution in [2.24, 2.45) is 5.92 Å². The number of carbonyl (C=O) groups excluding carboxylic acids is 2. The number of benzene rings is 2. The van der Waals surface area contributed by atoms with E-state index in [-0.39, 0.29) is 47.8 Å². The third-order valence-corrected chi connectivity index (χ3v) is 5.64. The molecule has 5 rings (SSSR count). The Morgan fingerprint density at radius 3 is 2.65 bits per heavy atom. The molecule has 0 atom stereocenters. The van der Waals surface area contributed by atoms with E-state index < -0.39 is 23.5 Å². The summed E-state index contributed by atoms with van der Waals surface area (Å²) in [6, 6.07) is 9.46. The van der Waals surface area contributed by atoms with Crippen molar-refractivity contribution in [3.63, 3.8) is 0 Å². The van der Waals surface area contributed by atoms with E-state index in [1.54, 1.807) is 12.1 Å². The van der Waals surface area contributed by atoms with Crippen LogP contribution in [-0.4, -0.2) is 48.0 Å². The molecule has 174 valence electrons. The first-order chi connectivity index (χ1) is 16.4. The molecule has 1 N–H and O–H groups in total. The van der Waals surface area contributed by atoms with Crippen LogP contribution in [0.15, 0.2) is 48.7 Å². The molecule has 2 aromatic carbocycles. The summed E-state index contributed by atoms with van der Waals surface area (Å²) in [5.41, 5.74) is 1.06. The zero-order chi connectivity index (χ0) is 23.8. The van der Waals surface area contributed by atoms with E-state index in [1.165, 1.54) is 35.4 Å². The van der Waals surface area contributed by atoms with Gasteiger partial charge in [-0.05, 0) is 35.4 Å². The maximum atomic E-state index is 14.5. The van der Waals surface area contributed by atoms with Crippen molar-refractivity contribution >= 4 is 17.5 Å². The fourth-order valence-electron chi connectivity index (χ4n) is 3.86. The summed E-state index contributed by atoms with van der Waals surface area (Å²) in [7, 11) is 0. The van der Waals surface area contributed by atoms with Crippen LogP contribution in [0, 0.1) is 23.5 Å². The van der Waals surface area contributed by atoms with Crippen LogP contribution in [0.1, 0.15) is 10.4 Å². The summed E-state index contributed by atoms with van der Waals surface area (Å²) in [6.07, 6.45) is 1.30. The Morgan fingerprint density at radius 1 is 1.09 bits per heavy atom. The first-order valence-corrected chi connectivity index (χ1v) is 10.5. The van der Waals surface area contributed by atoms with Crippen LogP contribution >= 0.6 is 0 Å². The lowest BCUT2D eigenvalue weighted by Gasteiger charge is -2.39. The third-order valence-electron chi connectivity index (χ3n) is 5.64. The third kappa shape index (κ3) is 4.26. The standard InChI is InChI=1S/C24H18F3N3O4/c25-17-8-21-19(29-23(31)12-34-21)7-16(17)24(32)30-9-13(10-30)11-33-20-2-1-14(5-18(20)26)15-3-4-28-22(27)6-15/h1-8,13H,9-12H2,(H,29,31). The van der Waals surface area contributed by atoms with Gasteiger partial charge in [0.05, 0.1) is 17.9 Å². The van der Waals surface area contributed by atoms with E-state index >= 15 is 0 Å². The fourth-order valence-corrected chi connectivity index (χ4v) is 3.86. The van der Waals surface area contributed by atoms with Gasteiger partial charge >= 0.3 is 0 Å². The normalized spacial score (nSPS) is 15.1. The SMILES string of the molecule is O=C1COc2cc(F)c(C(=O)N3CC(COc4ccc(-c5ccnc(F)c5)cc4F)C3)cc2N1. The second-order valence-electron chi connectivity index (χ2n) is 8.06. The quantitative estimate of drug-likeness (QED) is 0.577. The van der Waals surface area contributed by atoms with Gasteiger partial charge in [0, 0.05) is 37.3 Å². The number of likely N-dealkylation sites (tertiary alicyclic amines) is 1. The van der Waals surface area contributed by atoms with Crippen LogP contribution in [0.3, 0.4) is 0 Å². The molecule has 0 saturated carbocycles. The van der Waals surface area contributed by atoms with E-state index in [0.29, 0.717) is 24.2 Å². The van der Waals surface area contributed by atoms with Crippen molar-refractivity contribution in [3.8, 4) is 22.6 Å². The Kier molecular flexibility index (Phi) is 5.56. The van der Waals surface area contributed by atoms with Gasteiger partial charge < -0.3 is 19.7 Å². The highest BCUT2D eigenvalue weighted by Crippen LogP contribution is 2.32. The number of anilines is 1. The molecular weight excluding hydrogens is 451 g/mol. The molecule has 2 aliphatic rings. The summed E-state index contributed by atoms with van der Waals surface area (Å²) in [6.45, 7) is 0.585. The summed E-state index contributed by atoms with van der Waals surface area (Å²) in [5.74, 6) is -2.73. The van der Waals surface area contributed by atoms with E-state index in [0.717, 1.165) is 6.07 Å². The maximum Gasteiger partial charge on any atom is 0.262 e. The maximum absolute atomic E-state index is 14.5. The van der Waals surface area contributed by atoms with E-state index in [2.05, 4.69) is 10.3 Å². The van der Waals surface area contributed by atoms with Crippen LogP contribution in [0.2, 0.25) is 0 Å². The molecular formula is C24H18F3N3O4. The number of nitrogens with zero attached hydrogens (tertiary/aromatic N) is 2. The second-order valence-corrected chi connectivity index (χ2v) is 8.06. The van der Waals surface area contributed by atoms with Crippen molar-refractivity contribution in [2.45, 2.75) is 0 Å². The van der Waals surface area contributed by atoms with Crippen LogP contribution in [0.25, 0.3) is 11.1 Å². The number of pyridine rings is 1. The van der Waals surface area contributed by atoms with Gasteiger partial charge in [0.1, 0.15) is 11.6 Å². The first kappa shape index (κ1) is 21.7. The number of fused-ring (bicyclic) bond motifs is 1. The average Bonchev–Trinajstić information content (AvgIpc) is 2.78. The highest BCUT2D eigenvalue weighted by atomic mass is 19.1. The predicted molar refractivity (Wildman–Crippen MR) is 115 cm³/mol. The smallest absolute Gasteiger partial charge is 0.262 e. The van der Waals surface area contributed by atoms with Crippen molar-refractivity contribution in [1.82, 2.24) is 9.88 Å². The molecule has 34 heavy (non-hydrogen) atoms. The molecule has 0 spiro atoms. The molecule has 10 heteroatoms. The van der Waals surface area contributed by atoms with E-state index in [1.807, 2.05) is 0 Å². The number of nitrogens with one attached hydrogen (secondary N) is 1. The number of hydrogen-bond donors (Lipinski definition) is 1. The summed E-state index contributed by atoms with van der Waals surface area (Å²) in [5, 5.41) is 2.55. The molecule has 1 saturated heterocycles. The van der Waals surface area contributed by atoms with Crippen molar-refractivity contribution in [1.29, 1.82) is 0 Å². The number of halogens is 3. The Hall–Kier alpha value is -4.08. The molecule has 7 nitrogen and oxygen atoms in total. The lowest BCUT2D eigenvalue weighted by Crippen LogP contribution is -2.52. The van der Waals surface area contributed by atoms with Crippen LogP contribution < -0.4 is 14.8 Å². The van der Waals surface area contributed by atoms with Gasteiger partial charge in [-0.2, -0.15) is 4.39 Å². The van der Waals surface area contributed by atoms with Crippen molar-refractivity contribution in [3.05, 3.63) is 71.8 Å². The molecule has 0 unspecified atom stereocenters. The summed E-state index contributed by atoms with van der Waals surface area (Å²) < 4.78 is 52.9. The number of ether oxygens (including phenoxy) is 2. The number of rotatable bonds is 5. The van der Waals surface area contributed by atoms with E-state index in [4.69, 9.17) is 9.47 Å². The largest absolute Gasteiger partial charge is 0.490 e. The minimum atomic E-state index is -0.740. The minimum absolute atomic E-state index is 0.0412. The number of aromatic nitrogens is 1. The highest BCUT2D eigenvalue weighted by molar-refractivity contribution is 6.00. The van der Waals surface area contributed by atoms with Gasteiger partial charge in [0.2, 0.25) is 5.95 Å². The topological polar surface area (TPSA) is 80.8 Å². The number of hydrogen-bond acceptors (Lipinski definition) is 5. The van der Waals surface area contributed by atoms with E-state index in [9.17, 15) is 22.8 Å². The number of amides is 2. The van der Waals surface area contributed by atoms with Gasteiger partial charge in [-0.1, -0.05) is 6.07 Å². The summed E-state index contributed by atoms with van der Waals surface area (Å²) >= 11 is 0. The zero-order valence-electron chi connectivity index (χ0n) is 17.7. The lowest BCUT2D eigenvalue weighted by molar-refractivity contribution is -0.118. The molecule has 0 radical (unpaired) electrons. The summed E-state index contributed by atoms with van der Waals surface area (Å²) in [4.78, 5) is 29.1. The Morgan fingerprint density at radius 2 is 1.88 bits per heavy atom. The fraction of sp³-hybridized carbons (Fsp3) is 0.208. The molecule has 2 amide bonds.